The number of halogens is 1. The van der Waals surface area contributed by atoms with Gasteiger partial charge in [-0.2, -0.15) is 5.10 Å². The van der Waals surface area contributed by atoms with Gasteiger partial charge in [-0.05, 0) is 57.0 Å². The second-order valence-electron chi connectivity index (χ2n) is 9.37. The number of amides is 2. The van der Waals surface area contributed by atoms with Crippen molar-refractivity contribution in [1.82, 2.24) is 19.3 Å². The standard InChI is InChI=1S/C25H28FN7O2/c1-14-7-19(26)20(31-24(35)30-16-12-29-33(13-16)25(2,3)4)9-17(14)18-8-15-11-28-22(27-5)10-21(15)32(6)23(18)34/h7-13H,1-6H3,(H,27,28)(H2,30,31,35). The molecule has 0 unspecified atom stereocenters. The summed E-state index contributed by atoms with van der Waals surface area (Å²) in [7, 11) is 3.43. The van der Waals surface area contributed by atoms with Crippen LogP contribution in [-0.2, 0) is 12.6 Å². The fourth-order valence-electron chi connectivity index (χ4n) is 3.79. The summed E-state index contributed by atoms with van der Waals surface area (Å²) in [6, 6.07) is 5.67. The third-order valence-corrected chi connectivity index (χ3v) is 5.74. The summed E-state index contributed by atoms with van der Waals surface area (Å²) in [5.74, 6) is 0.0356. The number of rotatable bonds is 4. The zero-order valence-corrected chi connectivity index (χ0v) is 20.5. The van der Waals surface area contributed by atoms with E-state index in [4.69, 9.17) is 0 Å². The molecule has 0 radical (unpaired) electrons. The first kappa shape index (κ1) is 23.9. The fraction of sp³-hybridized carbons (Fsp3) is 0.280. The molecular formula is C25H28FN7O2. The minimum absolute atomic E-state index is 0.0443. The van der Waals surface area contributed by atoms with Crippen LogP contribution in [0, 0.1) is 12.7 Å². The lowest BCUT2D eigenvalue weighted by atomic mass is 9.99. The second kappa shape index (κ2) is 8.86. The van der Waals surface area contributed by atoms with Crippen LogP contribution < -0.4 is 21.5 Å². The Balaban J connectivity index is 1.67. The molecule has 10 heteroatoms. The summed E-state index contributed by atoms with van der Waals surface area (Å²) >= 11 is 0. The molecule has 2 amide bonds. The molecule has 1 aromatic carbocycles. The number of hydrogen-bond acceptors (Lipinski definition) is 5. The van der Waals surface area contributed by atoms with Crippen LogP contribution in [0.1, 0.15) is 26.3 Å². The Hall–Kier alpha value is -4.21. The Kier molecular flexibility index (Phi) is 6.06. The molecule has 0 atom stereocenters. The number of nitrogens with one attached hydrogen (secondary N) is 3. The van der Waals surface area contributed by atoms with Crippen LogP contribution in [0.3, 0.4) is 0 Å². The quantitative estimate of drug-likeness (QED) is 0.396. The van der Waals surface area contributed by atoms with Crippen LogP contribution in [-0.4, -0.2) is 32.4 Å². The summed E-state index contributed by atoms with van der Waals surface area (Å²) in [5.41, 5.74) is 2.12. The number of carbonyl (C=O) groups is 1. The highest BCUT2D eigenvalue weighted by molar-refractivity contribution is 6.00. The average Bonchev–Trinajstić information content (AvgIpc) is 3.27. The van der Waals surface area contributed by atoms with E-state index in [1.807, 2.05) is 20.8 Å². The maximum Gasteiger partial charge on any atom is 0.323 e. The Bertz CT molecular complexity index is 1500. The number of aromatic nitrogens is 4. The van der Waals surface area contributed by atoms with Crippen molar-refractivity contribution in [1.29, 1.82) is 0 Å². The fourth-order valence-corrected chi connectivity index (χ4v) is 3.79. The van der Waals surface area contributed by atoms with E-state index in [1.54, 1.807) is 50.2 Å². The van der Waals surface area contributed by atoms with E-state index < -0.39 is 11.8 Å². The number of nitrogens with zero attached hydrogens (tertiary/aromatic N) is 4. The molecule has 4 rings (SSSR count). The number of fused-ring (bicyclic) bond motifs is 1. The lowest BCUT2D eigenvalue weighted by molar-refractivity contribution is 0.262. The van der Waals surface area contributed by atoms with Crippen molar-refractivity contribution < 1.29 is 9.18 Å². The minimum Gasteiger partial charge on any atom is -0.373 e. The summed E-state index contributed by atoms with van der Waals surface area (Å²) in [6.07, 6.45) is 4.89. The lowest BCUT2D eigenvalue weighted by Gasteiger charge is -2.18. The molecule has 0 spiro atoms. The van der Waals surface area contributed by atoms with Crippen LogP contribution in [0.25, 0.3) is 22.0 Å². The predicted octanol–water partition coefficient (Wildman–Crippen LogP) is 4.69. The molecule has 3 heterocycles. The van der Waals surface area contributed by atoms with Gasteiger partial charge in [0.25, 0.3) is 5.56 Å². The first-order chi connectivity index (χ1) is 16.5. The van der Waals surface area contributed by atoms with Gasteiger partial charge in [-0.25, -0.2) is 14.2 Å². The molecule has 0 aliphatic heterocycles. The number of anilines is 3. The predicted molar refractivity (Wildman–Crippen MR) is 137 cm³/mol. The lowest BCUT2D eigenvalue weighted by Crippen LogP contribution is -2.22. The number of urea groups is 1. The van der Waals surface area contributed by atoms with Gasteiger partial charge in [0.15, 0.2) is 0 Å². The minimum atomic E-state index is -0.623. The smallest absolute Gasteiger partial charge is 0.323 e. The average molecular weight is 478 g/mol. The first-order valence-corrected chi connectivity index (χ1v) is 11.1. The first-order valence-electron chi connectivity index (χ1n) is 11.1. The van der Waals surface area contributed by atoms with Gasteiger partial charge in [0, 0.05) is 43.5 Å². The monoisotopic (exact) mass is 477 g/mol. The molecule has 0 aliphatic carbocycles. The van der Waals surface area contributed by atoms with Gasteiger partial charge in [-0.15, -0.1) is 0 Å². The van der Waals surface area contributed by atoms with Crippen molar-refractivity contribution in [2.75, 3.05) is 23.0 Å². The number of carbonyl (C=O) groups excluding carboxylic acids is 1. The molecule has 0 bridgehead atoms. The van der Waals surface area contributed by atoms with E-state index in [-0.39, 0.29) is 16.8 Å². The van der Waals surface area contributed by atoms with Crippen molar-refractivity contribution >= 4 is 34.1 Å². The van der Waals surface area contributed by atoms with Gasteiger partial charge in [-0.3, -0.25) is 9.48 Å². The Labute approximate surface area is 202 Å². The molecule has 182 valence electrons. The molecule has 0 saturated heterocycles. The molecule has 9 nitrogen and oxygen atoms in total. The van der Waals surface area contributed by atoms with Gasteiger partial charge >= 0.3 is 6.03 Å². The largest absolute Gasteiger partial charge is 0.373 e. The maximum absolute atomic E-state index is 14.8. The second-order valence-corrected chi connectivity index (χ2v) is 9.37. The SMILES string of the molecule is CNc1cc2c(cn1)cc(-c1cc(NC(=O)Nc3cnn(C(C)(C)C)c3)c(F)cc1C)c(=O)n2C. The van der Waals surface area contributed by atoms with Crippen molar-refractivity contribution in [3.05, 3.63) is 64.6 Å². The summed E-state index contributed by atoms with van der Waals surface area (Å²) in [4.78, 5) is 30.1. The Morgan fingerprint density at radius 3 is 2.46 bits per heavy atom. The highest BCUT2D eigenvalue weighted by Crippen LogP contribution is 2.29. The number of aryl methyl sites for hydroxylation is 2. The van der Waals surface area contributed by atoms with Crippen LogP contribution in [0.15, 0.2) is 47.7 Å². The third kappa shape index (κ3) is 4.72. The van der Waals surface area contributed by atoms with E-state index in [2.05, 4.69) is 26.0 Å². The Morgan fingerprint density at radius 1 is 1.06 bits per heavy atom. The van der Waals surface area contributed by atoms with Crippen LogP contribution >= 0.6 is 0 Å². The van der Waals surface area contributed by atoms with E-state index in [1.165, 1.54) is 22.9 Å². The molecule has 0 aliphatic rings. The highest BCUT2D eigenvalue weighted by Gasteiger charge is 2.18. The zero-order chi connectivity index (χ0) is 25.5. The van der Waals surface area contributed by atoms with Gasteiger partial charge in [-0.1, -0.05) is 0 Å². The van der Waals surface area contributed by atoms with Crippen LogP contribution in [0.2, 0.25) is 0 Å². The van der Waals surface area contributed by atoms with Gasteiger partial charge < -0.3 is 20.5 Å². The van der Waals surface area contributed by atoms with Crippen molar-refractivity contribution in [2.24, 2.45) is 7.05 Å². The molecule has 3 aromatic heterocycles. The van der Waals surface area contributed by atoms with E-state index in [0.717, 1.165) is 5.39 Å². The number of benzene rings is 1. The van der Waals surface area contributed by atoms with E-state index >= 15 is 0 Å². The van der Waals surface area contributed by atoms with E-state index in [0.29, 0.717) is 33.7 Å². The summed E-state index contributed by atoms with van der Waals surface area (Å²) in [6.45, 7) is 7.68. The van der Waals surface area contributed by atoms with Gasteiger partial charge in [0.05, 0.1) is 28.6 Å². The molecule has 0 saturated carbocycles. The molecule has 4 aromatic rings. The topological polar surface area (TPSA) is 106 Å². The van der Waals surface area contributed by atoms with Gasteiger partial charge in [0.1, 0.15) is 11.6 Å². The molecule has 0 fully saturated rings. The molecule has 35 heavy (non-hydrogen) atoms. The third-order valence-electron chi connectivity index (χ3n) is 5.74. The number of hydrogen-bond donors (Lipinski definition) is 3. The van der Waals surface area contributed by atoms with Crippen LogP contribution in [0.5, 0.6) is 0 Å². The maximum atomic E-state index is 14.8. The normalized spacial score (nSPS) is 11.5. The summed E-state index contributed by atoms with van der Waals surface area (Å²) < 4.78 is 18.0. The molecule has 3 N–H and O–H groups in total. The van der Waals surface area contributed by atoms with Gasteiger partial charge in [0.2, 0.25) is 0 Å². The van der Waals surface area contributed by atoms with Crippen LogP contribution in [0.4, 0.5) is 26.4 Å². The van der Waals surface area contributed by atoms with E-state index in [9.17, 15) is 14.0 Å². The number of pyridine rings is 2. The zero-order valence-electron chi connectivity index (χ0n) is 20.5. The van der Waals surface area contributed by atoms with Crippen molar-refractivity contribution in [3.63, 3.8) is 0 Å². The Morgan fingerprint density at radius 2 is 1.80 bits per heavy atom. The van der Waals surface area contributed by atoms with Crippen molar-refractivity contribution in [2.45, 2.75) is 33.2 Å². The van der Waals surface area contributed by atoms with Crippen molar-refractivity contribution in [3.8, 4) is 11.1 Å². The molecular weight excluding hydrogens is 449 g/mol. The highest BCUT2D eigenvalue weighted by atomic mass is 19.1. The summed E-state index contributed by atoms with van der Waals surface area (Å²) in [5, 5.41) is 13.2.